The number of ether oxygens (including phenoxy) is 1. The molecule has 1 aromatic rings. The van der Waals surface area contributed by atoms with Crippen LogP contribution in [0.4, 0.5) is 0 Å². The third-order valence-electron chi connectivity index (χ3n) is 1.92. The molecular weight excluding hydrogens is 246 g/mol. The lowest BCUT2D eigenvalue weighted by Gasteiger charge is -2.07. The van der Waals surface area contributed by atoms with E-state index in [9.17, 15) is 4.79 Å². The van der Waals surface area contributed by atoms with Gasteiger partial charge in [0, 0.05) is 22.7 Å². The van der Waals surface area contributed by atoms with Crippen LogP contribution in [0.1, 0.15) is 17.4 Å². The first-order valence-electron chi connectivity index (χ1n) is 4.90. The Balaban J connectivity index is 2.64. The van der Waals surface area contributed by atoms with Crippen molar-refractivity contribution in [1.82, 2.24) is 4.98 Å². The molecule has 0 aliphatic rings. The van der Waals surface area contributed by atoms with Crippen molar-refractivity contribution in [3.63, 3.8) is 0 Å². The first-order valence-corrected chi connectivity index (χ1v) is 6.42. The molecule has 0 aromatic carbocycles. The molecule has 0 aliphatic carbocycles. The van der Waals surface area contributed by atoms with Crippen LogP contribution in [0.2, 0.25) is 0 Å². The monoisotopic (exact) mass is 259 g/mol. The molecule has 0 saturated heterocycles. The Morgan fingerprint density at radius 3 is 3.06 bits per heavy atom. The van der Waals surface area contributed by atoms with Crippen LogP contribution in [0.3, 0.4) is 0 Å². The van der Waals surface area contributed by atoms with Gasteiger partial charge in [0.2, 0.25) is 0 Å². The van der Waals surface area contributed by atoms with Crippen LogP contribution in [0.5, 0.6) is 0 Å². The number of alkyl halides is 1. The minimum Gasteiger partial charge on any atom is -0.464 e. The van der Waals surface area contributed by atoms with Gasteiger partial charge in [0.1, 0.15) is 5.69 Å². The van der Waals surface area contributed by atoms with Gasteiger partial charge in [0.15, 0.2) is 0 Å². The number of nitrogens with zero attached hydrogens (tertiary/aromatic N) is 1. The van der Waals surface area contributed by atoms with Crippen LogP contribution in [0.25, 0.3) is 0 Å². The number of aromatic nitrogens is 1. The van der Waals surface area contributed by atoms with Crippen LogP contribution in [0, 0.1) is 5.92 Å². The molecule has 0 fully saturated rings. The molecule has 0 bridgehead atoms. The Bertz CT molecular complexity index is 360. The molecule has 1 heterocycles. The third kappa shape index (κ3) is 4.02. The lowest BCUT2D eigenvalue weighted by atomic mass is 10.3. The zero-order valence-electron chi connectivity index (χ0n) is 9.27. The number of halogens is 1. The number of hydrogen-bond donors (Lipinski definition) is 0. The van der Waals surface area contributed by atoms with Gasteiger partial charge in [-0.1, -0.05) is 6.92 Å². The van der Waals surface area contributed by atoms with Crippen LogP contribution < -0.4 is 0 Å². The van der Waals surface area contributed by atoms with E-state index in [1.54, 1.807) is 24.0 Å². The third-order valence-corrected chi connectivity index (χ3v) is 3.77. The fraction of sp³-hybridized carbons (Fsp3) is 0.455. The average Bonchev–Trinajstić information content (AvgIpc) is 2.35. The van der Waals surface area contributed by atoms with E-state index in [1.807, 2.05) is 6.07 Å². The van der Waals surface area contributed by atoms with Crippen molar-refractivity contribution in [3.8, 4) is 0 Å². The van der Waals surface area contributed by atoms with Crippen molar-refractivity contribution in [3.05, 3.63) is 24.0 Å². The maximum Gasteiger partial charge on any atom is 0.356 e. The second-order valence-corrected chi connectivity index (χ2v) is 4.84. The van der Waals surface area contributed by atoms with Gasteiger partial charge in [-0.2, -0.15) is 0 Å². The number of thioether (sulfide) groups is 1. The average molecular weight is 260 g/mol. The van der Waals surface area contributed by atoms with Gasteiger partial charge in [-0.05, 0) is 18.1 Å². The summed E-state index contributed by atoms with van der Waals surface area (Å²) in [5.41, 5.74) is 0.339. The van der Waals surface area contributed by atoms with Gasteiger partial charge < -0.3 is 4.74 Å². The molecular formula is C11H14ClNO2S. The van der Waals surface area contributed by atoms with E-state index in [2.05, 4.69) is 16.6 Å². The van der Waals surface area contributed by atoms with Crippen LogP contribution in [-0.2, 0) is 4.74 Å². The van der Waals surface area contributed by atoms with Crippen molar-refractivity contribution in [2.24, 2.45) is 5.92 Å². The number of esters is 1. The first kappa shape index (κ1) is 13.3. The molecule has 0 spiro atoms. The summed E-state index contributed by atoms with van der Waals surface area (Å²) >= 11 is 7.39. The lowest BCUT2D eigenvalue weighted by Crippen LogP contribution is -2.04. The highest BCUT2D eigenvalue weighted by Crippen LogP contribution is 2.21. The Morgan fingerprint density at radius 1 is 1.69 bits per heavy atom. The normalized spacial score (nSPS) is 12.2. The number of hydrogen-bond acceptors (Lipinski definition) is 4. The standard InChI is InChI=1S/C11H14ClNO2S/c1-8(6-12)7-16-9-3-4-13-10(5-9)11(14)15-2/h3-5,8H,6-7H2,1-2H3. The molecule has 0 amide bonds. The largest absolute Gasteiger partial charge is 0.464 e. The summed E-state index contributed by atoms with van der Waals surface area (Å²) < 4.78 is 4.61. The van der Waals surface area contributed by atoms with E-state index in [1.165, 1.54) is 7.11 Å². The molecule has 88 valence electrons. The molecule has 0 aliphatic heterocycles. The number of carbonyl (C=O) groups is 1. The molecule has 0 saturated carbocycles. The van der Waals surface area contributed by atoms with Crippen molar-refractivity contribution in [2.45, 2.75) is 11.8 Å². The minimum atomic E-state index is -0.409. The second-order valence-electron chi connectivity index (χ2n) is 3.44. The number of carbonyl (C=O) groups excluding carboxylic acids is 1. The smallest absolute Gasteiger partial charge is 0.356 e. The maximum atomic E-state index is 11.2. The number of methoxy groups -OCH3 is 1. The Labute approximate surface area is 105 Å². The number of pyridine rings is 1. The molecule has 1 atom stereocenters. The van der Waals surface area contributed by atoms with Gasteiger partial charge >= 0.3 is 5.97 Å². The SMILES string of the molecule is COC(=O)c1cc(SCC(C)CCl)ccn1. The molecule has 0 radical (unpaired) electrons. The molecule has 1 unspecified atom stereocenters. The zero-order valence-corrected chi connectivity index (χ0v) is 10.8. The van der Waals surface area contributed by atoms with E-state index < -0.39 is 5.97 Å². The Kier molecular flexibility index (Phi) is 5.63. The molecule has 3 nitrogen and oxygen atoms in total. The Morgan fingerprint density at radius 2 is 2.44 bits per heavy atom. The van der Waals surface area contributed by atoms with Crippen LogP contribution in [-0.4, -0.2) is 29.7 Å². The fourth-order valence-electron chi connectivity index (χ4n) is 1.00. The topological polar surface area (TPSA) is 39.2 Å². The van der Waals surface area contributed by atoms with Crippen molar-refractivity contribution < 1.29 is 9.53 Å². The summed E-state index contributed by atoms with van der Waals surface area (Å²) in [6.07, 6.45) is 1.61. The van der Waals surface area contributed by atoms with Crippen molar-refractivity contribution in [2.75, 3.05) is 18.7 Å². The van der Waals surface area contributed by atoms with Gasteiger partial charge in [-0.15, -0.1) is 23.4 Å². The van der Waals surface area contributed by atoms with Crippen molar-refractivity contribution >= 4 is 29.3 Å². The minimum absolute atomic E-state index is 0.339. The molecule has 1 rings (SSSR count). The second kappa shape index (κ2) is 6.76. The number of rotatable bonds is 5. The quantitative estimate of drug-likeness (QED) is 0.463. The van der Waals surface area contributed by atoms with E-state index in [0.29, 0.717) is 17.5 Å². The molecule has 16 heavy (non-hydrogen) atoms. The van der Waals surface area contributed by atoms with Gasteiger partial charge in [-0.3, -0.25) is 0 Å². The highest BCUT2D eigenvalue weighted by Gasteiger charge is 2.08. The summed E-state index contributed by atoms with van der Waals surface area (Å²) in [5.74, 6) is 1.60. The first-order chi connectivity index (χ1) is 7.67. The highest BCUT2D eigenvalue weighted by atomic mass is 35.5. The zero-order chi connectivity index (χ0) is 12.0. The fourth-order valence-corrected chi connectivity index (χ4v) is 2.19. The highest BCUT2D eigenvalue weighted by molar-refractivity contribution is 7.99. The summed E-state index contributed by atoms with van der Waals surface area (Å²) in [6, 6.07) is 3.61. The van der Waals surface area contributed by atoms with Crippen LogP contribution in [0.15, 0.2) is 23.2 Å². The van der Waals surface area contributed by atoms with Crippen molar-refractivity contribution in [1.29, 1.82) is 0 Å². The van der Waals surface area contributed by atoms with E-state index in [4.69, 9.17) is 11.6 Å². The van der Waals surface area contributed by atoms with E-state index in [-0.39, 0.29) is 0 Å². The van der Waals surface area contributed by atoms with Gasteiger partial charge in [-0.25, -0.2) is 9.78 Å². The Hall–Kier alpha value is -0.740. The summed E-state index contributed by atoms with van der Waals surface area (Å²) in [5, 5.41) is 0. The summed E-state index contributed by atoms with van der Waals surface area (Å²) in [6.45, 7) is 2.09. The molecule has 5 heteroatoms. The predicted molar refractivity (Wildman–Crippen MR) is 66.2 cm³/mol. The maximum absolute atomic E-state index is 11.2. The van der Waals surface area contributed by atoms with Crippen LogP contribution >= 0.6 is 23.4 Å². The molecule has 1 aromatic heterocycles. The van der Waals surface area contributed by atoms with E-state index in [0.717, 1.165) is 10.6 Å². The van der Waals surface area contributed by atoms with Gasteiger partial charge in [0.25, 0.3) is 0 Å². The summed E-state index contributed by atoms with van der Waals surface area (Å²) in [4.78, 5) is 16.2. The summed E-state index contributed by atoms with van der Waals surface area (Å²) in [7, 11) is 1.35. The van der Waals surface area contributed by atoms with E-state index >= 15 is 0 Å². The predicted octanol–water partition coefficient (Wildman–Crippen LogP) is 2.84. The lowest BCUT2D eigenvalue weighted by molar-refractivity contribution is 0.0593. The van der Waals surface area contributed by atoms with Gasteiger partial charge in [0.05, 0.1) is 7.11 Å². The molecule has 0 N–H and O–H groups in total.